The molecule has 0 fully saturated rings. The van der Waals surface area contributed by atoms with E-state index < -0.39 is 0 Å². The smallest absolute Gasteiger partial charge is 0.181 e. The van der Waals surface area contributed by atoms with Crippen molar-refractivity contribution in [2.75, 3.05) is 0 Å². The lowest BCUT2D eigenvalue weighted by Gasteiger charge is -2.00. The fourth-order valence-electron chi connectivity index (χ4n) is 1.78. The van der Waals surface area contributed by atoms with E-state index in [1.807, 2.05) is 48.5 Å². The Bertz CT molecular complexity index is 710. The zero-order chi connectivity index (χ0) is 13.2. The van der Waals surface area contributed by atoms with Crippen molar-refractivity contribution in [3.63, 3.8) is 0 Å². The highest BCUT2D eigenvalue weighted by Crippen LogP contribution is 2.29. The van der Waals surface area contributed by atoms with Gasteiger partial charge in [-0.1, -0.05) is 57.9 Å². The molecule has 1 heterocycles. The van der Waals surface area contributed by atoms with Crippen molar-refractivity contribution in [2.45, 2.75) is 0 Å². The zero-order valence-corrected chi connectivity index (χ0v) is 12.1. The predicted octanol–water partition coefficient (Wildman–Crippen LogP) is 4.55. The summed E-state index contributed by atoms with van der Waals surface area (Å²) in [6.45, 7) is 0. The number of halogens is 2. The Morgan fingerprint density at radius 2 is 1.84 bits per heavy atom. The number of aromatic amines is 1. The second kappa shape index (κ2) is 5.15. The molecular weight excluding hydrogens is 326 g/mol. The summed E-state index contributed by atoms with van der Waals surface area (Å²) in [6.07, 6.45) is 0. The van der Waals surface area contributed by atoms with Gasteiger partial charge in [-0.25, -0.2) is 4.98 Å². The van der Waals surface area contributed by atoms with Crippen molar-refractivity contribution in [1.82, 2.24) is 15.2 Å². The van der Waals surface area contributed by atoms with Gasteiger partial charge >= 0.3 is 0 Å². The lowest BCUT2D eigenvalue weighted by molar-refractivity contribution is 1.10. The average molecular weight is 335 g/mol. The summed E-state index contributed by atoms with van der Waals surface area (Å²) in [5.41, 5.74) is 1.80. The first-order valence-electron chi connectivity index (χ1n) is 5.67. The van der Waals surface area contributed by atoms with E-state index in [2.05, 4.69) is 31.1 Å². The SMILES string of the molecule is Clc1cc(Br)ccc1-c1nc(-c2ccccc2)n[nH]1. The van der Waals surface area contributed by atoms with Crippen LogP contribution in [0.3, 0.4) is 0 Å². The normalized spacial score (nSPS) is 10.6. The third-order valence-corrected chi connectivity index (χ3v) is 3.51. The molecule has 0 unspecified atom stereocenters. The van der Waals surface area contributed by atoms with Gasteiger partial charge in [-0.05, 0) is 18.2 Å². The molecule has 94 valence electrons. The maximum absolute atomic E-state index is 6.20. The Morgan fingerprint density at radius 3 is 2.58 bits per heavy atom. The molecular formula is C14H9BrClN3. The second-order valence-electron chi connectivity index (χ2n) is 4.00. The molecule has 5 heteroatoms. The van der Waals surface area contributed by atoms with Crippen molar-refractivity contribution in [3.8, 4) is 22.8 Å². The summed E-state index contributed by atoms with van der Waals surface area (Å²) in [5.74, 6) is 1.32. The van der Waals surface area contributed by atoms with Crippen molar-refractivity contribution in [3.05, 3.63) is 58.0 Å². The first-order valence-corrected chi connectivity index (χ1v) is 6.84. The number of nitrogens with zero attached hydrogens (tertiary/aromatic N) is 2. The number of hydrogen-bond donors (Lipinski definition) is 1. The molecule has 0 atom stereocenters. The molecule has 0 amide bonds. The zero-order valence-electron chi connectivity index (χ0n) is 9.77. The molecule has 3 aromatic rings. The highest BCUT2D eigenvalue weighted by molar-refractivity contribution is 9.10. The maximum Gasteiger partial charge on any atom is 0.181 e. The minimum Gasteiger partial charge on any atom is -0.259 e. The molecule has 0 radical (unpaired) electrons. The van der Waals surface area contributed by atoms with Crippen LogP contribution in [0, 0.1) is 0 Å². The van der Waals surface area contributed by atoms with Gasteiger partial charge in [-0.15, -0.1) is 0 Å². The van der Waals surface area contributed by atoms with Crippen LogP contribution in [-0.2, 0) is 0 Å². The van der Waals surface area contributed by atoms with Crippen LogP contribution in [0.4, 0.5) is 0 Å². The summed E-state index contributed by atoms with van der Waals surface area (Å²) >= 11 is 9.58. The van der Waals surface area contributed by atoms with E-state index in [1.54, 1.807) is 0 Å². The highest BCUT2D eigenvalue weighted by atomic mass is 79.9. The van der Waals surface area contributed by atoms with E-state index in [0.717, 1.165) is 15.6 Å². The summed E-state index contributed by atoms with van der Waals surface area (Å²) in [6, 6.07) is 15.5. The lowest BCUT2D eigenvalue weighted by atomic mass is 10.2. The molecule has 0 saturated heterocycles. The summed E-state index contributed by atoms with van der Waals surface area (Å²) in [4.78, 5) is 4.47. The van der Waals surface area contributed by atoms with Crippen LogP contribution in [0.1, 0.15) is 0 Å². The fraction of sp³-hybridized carbons (Fsp3) is 0. The molecule has 0 aliphatic heterocycles. The second-order valence-corrected chi connectivity index (χ2v) is 5.32. The van der Waals surface area contributed by atoms with Crippen molar-refractivity contribution < 1.29 is 0 Å². The highest BCUT2D eigenvalue weighted by Gasteiger charge is 2.10. The van der Waals surface area contributed by atoms with Crippen LogP contribution in [0.15, 0.2) is 53.0 Å². The van der Waals surface area contributed by atoms with E-state index in [0.29, 0.717) is 16.7 Å². The van der Waals surface area contributed by atoms with Gasteiger partial charge < -0.3 is 0 Å². The van der Waals surface area contributed by atoms with Crippen molar-refractivity contribution >= 4 is 27.5 Å². The maximum atomic E-state index is 6.20. The van der Waals surface area contributed by atoms with Gasteiger partial charge in [0.05, 0.1) is 5.02 Å². The molecule has 0 aliphatic carbocycles. The topological polar surface area (TPSA) is 41.6 Å². The van der Waals surface area contributed by atoms with Gasteiger partial charge in [0.2, 0.25) is 0 Å². The monoisotopic (exact) mass is 333 g/mol. The fourth-order valence-corrected chi connectivity index (χ4v) is 2.54. The quantitative estimate of drug-likeness (QED) is 0.746. The van der Waals surface area contributed by atoms with E-state index in [1.165, 1.54) is 0 Å². The van der Waals surface area contributed by atoms with Crippen LogP contribution in [0.2, 0.25) is 5.02 Å². The molecule has 0 spiro atoms. The number of nitrogens with one attached hydrogen (secondary N) is 1. The van der Waals surface area contributed by atoms with Crippen molar-refractivity contribution in [2.24, 2.45) is 0 Å². The van der Waals surface area contributed by atoms with E-state index in [4.69, 9.17) is 11.6 Å². The van der Waals surface area contributed by atoms with Crippen LogP contribution in [0.5, 0.6) is 0 Å². The number of aromatic nitrogens is 3. The van der Waals surface area contributed by atoms with Gasteiger partial charge in [0, 0.05) is 15.6 Å². The van der Waals surface area contributed by atoms with Gasteiger partial charge in [0.25, 0.3) is 0 Å². The van der Waals surface area contributed by atoms with Crippen LogP contribution in [0.25, 0.3) is 22.8 Å². The Kier molecular flexibility index (Phi) is 3.36. The Labute approximate surface area is 123 Å². The molecule has 0 bridgehead atoms. The first kappa shape index (κ1) is 12.4. The largest absolute Gasteiger partial charge is 0.259 e. The Hall–Kier alpha value is -1.65. The van der Waals surface area contributed by atoms with E-state index in [9.17, 15) is 0 Å². The van der Waals surface area contributed by atoms with Gasteiger partial charge in [-0.2, -0.15) is 5.10 Å². The minimum atomic E-state index is 0.630. The standard InChI is InChI=1S/C14H9BrClN3/c15-10-6-7-11(12(16)8-10)14-17-13(18-19-14)9-4-2-1-3-5-9/h1-8H,(H,17,18,19). The Morgan fingerprint density at radius 1 is 1.05 bits per heavy atom. The molecule has 1 N–H and O–H groups in total. The molecule has 0 aliphatic rings. The van der Waals surface area contributed by atoms with Gasteiger partial charge in [0.1, 0.15) is 0 Å². The van der Waals surface area contributed by atoms with Crippen LogP contribution < -0.4 is 0 Å². The van der Waals surface area contributed by atoms with Crippen LogP contribution >= 0.6 is 27.5 Å². The molecule has 1 aromatic heterocycles. The molecule has 3 nitrogen and oxygen atoms in total. The lowest BCUT2D eigenvalue weighted by Crippen LogP contribution is -1.83. The summed E-state index contributed by atoms with van der Waals surface area (Å²) in [5, 5.41) is 7.77. The predicted molar refractivity (Wildman–Crippen MR) is 80.0 cm³/mol. The van der Waals surface area contributed by atoms with Crippen molar-refractivity contribution in [1.29, 1.82) is 0 Å². The Balaban J connectivity index is 2.02. The number of hydrogen-bond acceptors (Lipinski definition) is 2. The summed E-state index contributed by atoms with van der Waals surface area (Å²) in [7, 11) is 0. The summed E-state index contributed by atoms with van der Waals surface area (Å²) < 4.78 is 0.934. The van der Waals surface area contributed by atoms with Crippen LogP contribution in [-0.4, -0.2) is 15.2 Å². The van der Waals surface area contributed by atoms with E-state index in [-0.39, 0.29) is 0 Å². The van der Waals surface area contributed by atoms with Gasteiger partial charge in [0.15, 0.2) is 11.6 Å². The molecule has 3 rings (SSSR count). The number of H-pyrrole nitrogens is 1. The minimum absolute atomic E-state index is 0.630. The van der Waals surface area contributed by atoms with Gasteiger partial charge in [-0.3, -0.25) is 5.10 Å². The number of rotatable bonds is 2. The molecule has 2 aromatic carbocycles. The molecule has 19 heavy (non-hydrogen) atoms. The average Bonchev–Trinajstić information content (AvgIpc) is 2.89. The third kappa shape index (κ3) is 2.55. The van der Waals surface area contributed by atoms with E-state index >= 15 is 0 Å². The number of benzene rings is 2. The molecule has 0 saturated carbocycles. The third-order valence-electron chi connectivity index (χ3n) is 2.70. The first-order chi connectivity index (χ1) is 9.24.